The second kappa shape index (κ2) is 11.3. The quantitative estimate of drug-likeness (QED) is 0.262. The van der Waals surface area contributed by atoms with Crippen molar-refractivity contribution in [3.8, 4) is 0 Å². The molecule has 1 fully saturated rings. The first-order valence-electron chi connectivity index (χ1n) is 8.87. The van der Waals surface area contributed by atoms with E-state index in [1.54, 1.807) is 0 Å². The van der Waals surface area contributed by atoms with Crippen molar-refractivity contribution in [1.82, 2.24) is 25.2 Å². The maximum Gasteiger partial charge on any atom is 0.191 e. The Labute approximate surface area is 170 Å². The Hall–Kier alpha value is -1.46. The van der Waals surface area contributed by atoms with E-state index in [2.05, 4.69) is 25.8 Å². The zero-order valence-corrected chi connectivity index (χ0v) is 17.4. The van der Waals surface area contributed by atoms with Gasteiger partial charge in [0.25, 0.3) is 0 Å². The molecule has 1 atom stereocenters. The summed E-state index contributed by atoms with van der Waals surface area (Å²) < 4.78 is 13.1. The molecule has 0 aromatic carbocycles. The Morgan fingerprint density at radius 2 is 2.31 bits per heavy atom. The minimum atomic E-state index is 0. The number of pyridine rings is 1. The van der Waals surface area contributed by atoms with Crippen LogP contribution >= 0.6 is 24.0 Å². The number of hydrogen-bond donors (Lipinski definition) is 2. The first-order chi connectivity index (χ1) is 12.4. The Kier molecular flexibility index (Phi) is 9.06. The predicted molar refractivity (Wildman–Crippen MR) is 111 cm³/mol. The van der Waals surface area contributed by atoms with Crippen LogP contribution in [-0.2, 0) is 16.0 Å². The third kappa shape index (κ3) is 6.06. The number of ether oxygens (including phenoxy) is 2. The average molecular weight is 474 g/mol. The Balaban J connectivity index is 0.00000243. The van der Waals surface area contributed by atoms with Gasteiger partial charge in [-0.25, -0.2) is 4.99 Å². The number of nitrogens with one attached hydrogen (secondary N) is 2. The van der Waals surface area contributed by atoms with Gasteiger partial charge in [0.1, 0.15) is 6.54 Å². The van der Waals surface area contributed by atoms with Crippen LogP contribution in [0.2, 0.25) is 0 Å². The number of nitrogens with zero attached hydrogens (tertiary/aromatic N) is 4. The number of guanidine groups is 1. The van der Waals surface area contributed by atoms with Crippen molar-refractivity contribution >= 4 is 35.6 Å². The fourth-order valence-electron chi connectivity index (χ4n) is 2.72. The Morgan fingerprint density at radius 3 is 3.12 bits per heavy atom. The van der Waals surface area contributed by atoms with Crippen molar-refractivity contribution in [2.75, 3.05) is 32.9 Å². The lowest BCUT2D eigenvalue weighted by Crippen LogP contribution is -2.39. The molecule has 9 heteroatoms. The SMILES string of the molecule is CCNC(=NCc1nnc2ccccn12)NCCOCC1CCCO1.I. The van der Waals surface area contributed by atoms with E-state index in [9.17, 15) is 0 Å². The van der Waals surface area contributed by atoms with Gasteiger partial charge in [0.05, 0.1) is 19.3 Å². The minimum Gasteiger partial charge on any atom is -0.377 e. The van der Waals surface area contributed by atoms with Gasteiger partial charge < -0.3 is 20.1 Å². The summed E-state index contributed by atoms with van der Waals surface area (Å²) in [6.07, 6.45) is 4.45. The van der Waals surface area contributed by atoms with Gasteiger partial charge >= 0.3 is 0 Å². The highest BCUT2D eigenvalue weighted by Crippen LogP contribution is 2.11. The number of fused-ring (bicyclic) bond motifs is 1. The van der Waals surface area contributed by atoms with E-state index >= 15 is 0 Å². The summed E-state index contributed by atoms with van der Waals surface area (Å²) in [7, 11) is 0. The molecule has 8 nitrogen and oxygen atoms in total. The molecule has 0 saturated carbocycles. The smallest absolute Gasteiger partial charge is 0.191 e. The highest BCUT2D eigenvalue weighted by Gasteiger charge is 2.14. The van der Waals surface area contributed by atoms with E-state index in [0.717, 1.165) is 43.4 Å². The van der Waals surface area contributed by atoms with E-state index in [1.165, 1.54) is 0 Å². The summed E-state index contributed by atoms with van der Waals surface area (Å²) in [6.45, 7) is 6.14. The van der Waals surface area contributed by atoms with Crippen LogP contribution in [0.3, 0.4) is 0 Å². The molecule has 26 heavy (non-hydrogen) atoms. The summed E-state index contributed by atoms with van der Waals surface area (Å²) in [5.41, 5.74) is 0.827. The number of rotatable bonds is 8. The molecule has 1 unspecified atom stereocenters. The van der Waals surface area contributed by atoms with Gasteiger partial charge in [0.2, 0.25) is 0 Å². The standard InChI is InChI=1S/C17H26N6O2.HI/c1-2-18-17(19-8-11-24-13-14-6-5-10-25-14)20-12-16-22-21-15-7-3-4-9-23(15)16;/h3-4,7,9,14H,2,5-6,8,10-13H2,1H3,(H2,18,19,20);1H. The van der Waals surface area contributed by atoms with Crippen molar-refractivity contribution in [3.05, 3.63) is 30.2 Å². The van der Waals surface area contributed by atoms with Gasteiger partial charge in [-0.2, -0.15) is 0 Å². The zero-order valence-electron chi connectivity index (χ0n) is 15.1. The normalized spacial score (nSPS) is 17.3. The van der Waals surface area contributed by atoms with Crippen LogP contribution in [0.15, 0.2) is 29.4 Å². The fraction of sp³-hybridized carbons (Fsp3) is 0.588. The molecule has 1 saturated heterocycles. The number of hydrogen-bond acceptors (Lipinski definition) is 5. The summed E-state index contributed by atoms with van der Waals surface area (Å²) in [4.78, 5) is 4.57. The largest absolute Gasteiger partial charge is 0.377 e. The molecule has 2 aromatic rings. The first kappa shape index (κ1) is 20.8. The maximum atomic E-state index is 5.66. The topological polar surface area (TPSA) is 85.1 Å². The highest BCUT2D eigenvalue weighted by atomic mass is 127. The van der Waals surface area contributed by atoms with Crippen molar-refractivity contribution < 1.29 is 9.47 Å². The van der Waals surface area contributed by atoms with Crippen LogP contribution in [0.1, 0.15) is 25.6 Å². The lowest BCUT2D eigenvalue weighted by Gasteiger charge is -2.13. The Bertz CT molecular complexity index is 687. The van der Waals surface area contributed by atoms with Crippen LogP contribution in [-0.4, -0.2) is 59.6 Å². The molecule has 0 bridgehead atoms. The third-order valence-corrected chi connectivity index (χ3v) is 3.97. The molecule has 2 N–H and O–H groups in total. The van der Waals surface area contributed by atoms with Gasteiger partial charge in [0, 0.05) is 25.9 Å². The lowest BCUT2D eigenvalue weighted by atomic mass is 10.2. The van der Waals surface area contributed by atoms with Gasteiger partial charge in [-0.3, -0.25) is 4.40 Å². The summed E-state index contributed by atoms with van der Waals surface area (Å²) in [5.74, 6) is 1.55. The molecule has 0 amide bonds. The summed E-state index contributed by atoms with van der Waals surface area (Å²) >= 11 is 0. The van der Waals surface area contributed by atoms with Crippen LogP contribution in [0.25, 0.3) is 5.65 Å². The number of halogens is 1. The number of aromatic nitrogens is 3. The Morgan fingerprint density at radius 1 is 1.38 bits per heavy atom. The van der Waals surface area contributed by atoms with Gasteiger partial charge in [0.15, 0.2) is 17.4 Å². The van der Waals surface area contributed by atoms with E-state index in [-0.39, 0.29) is 30.1 Å². The summed E-state index contributed by atoms with van der Waals surface area (Å²) in [5, 5.41) is 14.8. The molecule has 0 aliphatic carbocycles. The molecular weight excluding hydrogens is 447 g/mol. The molecule has 0 spiro atoms. The van der Waals surface area contributed by atoms with Crippen molar-refractivity contribution in [2.24, 2.45) is 4.99 Å². The van der Waals surface area contributed by atoms with Gasteiger partial charge in [-0.15, -0.1) is 34.2 Å². The van der Waals surface area contributed by atoms with Crippen LogP contribution < -0.4 is 10.6 Å². The van der Waals surface area contributed by atoms with E-state index in [4.69, 9.17) is 9.47 Å². The molecule has 2 aromatic heterocycles. The monoisotopic (exact) mass is 474 g/mol. The fourth-order valence-corrected chi connectivity index (χ4v) is 2.72. The molecular formula is C17H27IN6O2. The number of aliphatic imine (C=N–C) groups is 1. The highest BCUT2D eigenvalue weighted by molar-refractivity contribution is 14.0. The molecule has 1 aliphatic heterocycles. The lowest BCUT2D eigenvalue weighted by molar-refractivity contribution is 0.0191. The van der Waals surface area contributed by atoms with Crippen molar-refractivity contribution in [3.63, 3.8) is 0 Å². The van der Waals surface area contributed by atoms with Gasteiger partial charge in [-0.1, -0.05) is 6.07 Å². The zero-order chi connectivity index (χ0) is 17.3. The third-order valence-electron chi connectivity index (χ3n) is 3.97. The average Bonchev–Trinajstić information content (AvgIpc) is 3.29. The molecule has 3 rings (SSSR count). The second-order valence-electron chi connectivity index (χ2n) is 5.88. The minimum absolute atomic E-state index is 0. The molecule has 0 radical (unpaired) electrons. The van der Waals surface area contributed by atoms with Crippen LogP contribution in [0.4, 0.5) is 0 Å². The maximum absolute atomic E-state index is 5.66. The first-order valence-corrected chi connectivity index (χ1v) is 8.87. The second-order valence-corrected chi connectivity index (χ2v) is 5.88. The predicted octanol–water partition coefficient (Wildman–Crippen LogP) is 1.60. The molecule has 3 heterocycles. The van der Waals surface area contributed by atoms with Crippen molar-refractivity contribution in [1.29, 1.82) is 0 Å². The summed E-state index contributed by atoms with van der Waals surface area (Å²) in [6, 6.07) is 5.83. The molecule has 1 aliphatic rings. The van der Waals surface area contributed by atoms with Crippen LogP contribution in [0, 0.1) is 0 Å². The van der Waals surface area contributed by atoms with E-state index in [0.29, 0.717) is 26.3 Å². The van der Waals surface area contributed by atoms with Crippen LogP contribution in [0.5, 0.6) is 0 Å². The van der Waals surface area contributed by atoms with Crippen molar-refractivity contribution in [2.45, 2.75) is 32.4 Å². The van der Waals surface area contributed by atoms with E-state index in [1.807, 2.05) is 35.7 Å². The van der Waals surface area contributed by atoms with E-state index < -0.39 is 0 Å². The van der Waals surface area contributed by atoms with Gasteiger partial charge in [-0.05, 0) is 31.9 Å². The molecule has 144 valence electrons.